The van der Waals surface area contributed by atoms with Crippen LogP contribution < -0.4 is 15.0 Å². The molecule has 1 aliphatic carbocycles. The molecule has 2 aliphatic rings. The second kappa shape index (κ2) is 12.1. The lowest BCUT2D eigenvalue weighted by atomic mass is 9.78. The highest BCUT2D eigenvalue weighted by Crippen LogP contribution is 2.48. The van der Waals surface area contributed by atoms with Crippen molar-refractivity contribution in [3.8, 4) is 5.75 Å². The fourth-order valence-electron chi connectivity index (χ4n) is 6.39. The van der Waals surface area contributed by atoms with E-state index in [1.165, 1.54) is 0 Å². The first kappa shape index (κ1) is 27.4. The standard InChI is InChI=1S/C39H32N2O3/c42-35-25-30(31-20-10-13-23-36(31)44-26-27-14-4-1-5-15-27)24-33-37(35)38(28-16-6-2-7-17-28)41(34-22-12-11-21-32(34)40-33)39(43)29-18-8-3-9-19-29/h1-23,30,38,40H,24-26H2/t30-,38+/m1/s1. The van der Waals surface area contributed by atoms with E-state index in [4.69, 9.17) is 4.74 Å². The zero-order valence-corrected chi connectivity index (χ0v) is 24.2. The molecule has 0 radical (unpaired) electrons. The maximum absolute atomic E-state index is 14.4. The van der Waals surface area contributed by atoms with Gasteiger partial charge in [-0.3, -0.25) is 14.5 Å². The van der Waals surface area contributed by atoms with E-state index in [1.807, 2.05) is 133 Å². The molecule has 216 valence electrons. The number of nitrogens with zero attached hydrogens (tertiary/aromatic N) is 1. The number of Topliss-reactive ketones (excluding diaryl/α,β-unsaturated/α-hetero) is 1. The van der Waals surface area contributed by atoms with E-state index in [9.17, 15) is 9.59 Å². The molecular weight excluding hydrogens is 544 g/mol. The van der Waals surface area contributed by atoms with Crippen LogP contribution in [0.3, 0.4) is 0 Å². The number of allylic oxidation sites excluding steroid dienone is 1. The number of carbonyl (C=O) groups is 2. The highest BCUT2D eigenvalue weighted by molar-refractivity contribution is 6.12. The summed E-state index contributed by atoms with van der Waals surface area (Å²) >= 11 is 0. The molecule has 7 rings (SSSR count). The van der Waals surface area contributed by atoms with Crippen molar-refractivity contribution >= 4 is 23.1 Å². The topological polar surface area (TPSA) is 58.6 Å². The van der Waals surface area contributed by atoms with Gasteiger partial charge in [-0.25, -0.2) is 0 Å². The minimum Gasteiger partial charge on any atom is -0.489 e. The van der Waals surface area contributed by atoms with Crippen LogP contribution in [0.4, 0.5) is 11.4 Å². The summed E-state index contributed by atoms with van der Waals surface area (Å²) in [6.07, 6.45) is 0.928. The molecule has 5 aromatic carbocycles. The first-order valence-electron chi connectivity index (χ1n) is 15.0. The molecule has 2 atom stereocenters. The number of hydrogen-bond donors (Lipinski definition) is 1. The van der Waals surface area contributed by atoms with Crippen molar-refractivity contribution in [3.05, 3.63) is 173 Å². The van der Waals surface area contributed by atoms with E-state index in [2.05, 4.69) is 11.4 Å². The Labute approximate surface area is 257 Å². The Bertz CT molecular complexity index is 1830. The van der Waals surface area contributed by atoms with Crippen LogP contribution in [0, 0.1) is 0 Å². The van der Waals surface area contributed by atoms with Gasteiger partial charge in [0.25, 0.3) is 5.91 Å². The van der Waals surface area contributed by atoms with Gasteiger partial charge in [-0.1, -0.05) is 109 Å². The van der Waals surface area contributed by atoms with Gasteiger partial charge in [-0.05, 0) is 53.4 Å². The number of para-hydroxylation sites is 3. The van der Waals surface area contributed by atoms with Crippen LogP contribution in [0.2, 0.25) is 0 Å². The maximum atomic E-state index is 14.4. The van der Waals surface area contributed by atoms with E-state index in [0.29, 0.717) is 30.6 Å². The van der Waals surface area contributed by atoms with Gasteiger partial charge in [-0.15, -0.1) is 0 Å². The predicted octanol–water partition coefficient (Wildman–Crippen LogP) is 8.48. The maximum Gasteiger partial charge on any atom is 0.259 e. The first-order chi connectivity index (χ1) is 21.7. The van der Waals surface area contributed by atoms with E-state index >= 15 is 0 Å². The lowest BCUT2D eigenvalue weighted by molar-refractivity contribution is -0.116. The van der Waals surface area contributed by atoms with Gasteiger partial charge in [0.15, 0.2) is 5.78 Å². The number of anilines is 2. The zero-order chi connectivity index (χ0) is 29.9. The summed E-state index contributed by atoms with van der Waals surface area (Å²) in [5.74, 6) is 0.569. The van der Waals surface area contributed by atoms with Crippen LogP contribution in [0.1, 0.15) is 51.8 Å². The third-order valence-corrected chi connectivity index (χ3v) is 8.44. The van der Waals surface area contributed by atoms with Crippen molar-refractivity contribution in [2.45, 2.75) is 31.4 Å². The van der Waals surface area contributed by atoms with Crippen molar-refractivity contribution in [2.75, 3.05) is 10.2 Å². The lowest BCUT2D eigenvalue weighted by Crippen LogP contribution is -2.38. The minimum absolute atomic E-state index is 0.0223. The molecule has 0 saturated carbocycles. The van der Waals surface area contributed by atoms with Crippen molar-refractivity contribution in [3.63, 3.8) is 0 Å². The smallest absolute Gasteiger partial charge is 0.259 e. The number of amides is 1. The Morgan fingerprint density at radius 3 is 2.14 bits per heavy atom. The van der Waals surface area contributed by atoms with Gasteiger partial charge < -0.3 is 10.1 Å². The SMILES string of the molecule is O=C1C[C@H](c2ccccc2OCc2ccccc2)CC2=C1[C@H](c1ccccc1)N(C(=O)c1ccccc1)c1ccccc1N2. The van der Waals surface area contributed by atoms with E-state index in [1.54, 1.807) is 4.90 Å². The molecule has 0 bridgehead atoms. The number of hydrogen-bond acceptors (Lipinski definition) is 4. The van der Waals surface area contributed by atoms with Crippen LogP contribution in [-0.2, 0) is 11.4 Å². The summed E-state index contributed by atoms with van der Waals surface area (Å²) in [4.78, 5) is 30.6. The number of rotatable bonds is 6. The average molecular weight is 577 g/mol. The Balaban J connectivity index is 1.32. The number of fused-ring (bicyclic) bond motifs is 1. The normalized spacial score (nSPS) is 17.6. The molecule has 44 heavy (non-hydrogen) atoms. The predicted molar refractivity (Wildman–Crippen MR) is 174 cm³/mol. The molecule has 0 saturated heterocycles. The summed E-state index contributed by atoms with van der Waals surface area (Å²) in [7, 11) is 0. The Morgan fingerprint density at radius 1 is 0.727 bits per heavy atom. The summed E-state index contributed by atoms with van der Waals surface area (Å²) in [5, 5.41) is 3.63. The number of ketones is 1. The fourth-order valence-corrected chi connectivity index (χ4v) is 6.39. The summed E-state index contributed by atoms with van der Waals surface area (Å²) in [6.45, 7) is 0.449. The van der Waals surface area contributed by atoms with E-state index in [0.717, 1.165) is 39.5 Å². The Hall–Kier alpha value is -5.42. The molecule has 0 fully saturated rings. The minimum atomic E-state index is -0.590. The lowest BCUT2D eigenvalue weighted by Gasteiger charge is -2.35. The molecule has 0 aromatic heterocycles. The molecule has 5 heteroatoms. The van der Waals surface area contributed by atoms with Gasteiger partial charge in [0, 0.05) is 29.2 Å². The molecule has 1 amide bonds. The highest BCUT2D eigenvalue weighted by atomic mass is 16.5. The zero-order valence-electron chi connectivity index (χ0n) is 24.2. The van der Waals surface area contributed by atoms with Gasteiger partial charge in [0.1, 0.15) is 12.4 Å². The molecule has 0 spiro atoms. The van der Waals surface area contributed by atoms with Crippen LogP contribution in [0.5, 0.6) is 5.75 Å². The van der Waals surface area contributed by atoms with Gasteiger partial charge >= 0.3 is 0 Å². The largest absolute Gasteiger partial charge is 0.489 e. The summed E-state index contributed by atoms with van der Waals surface area (Å²) in [6, 6.07) is 44.5. The molecule has 1 N–H and O–H groups in total. The molecule has 5 aromatic rings. The van der Waals surface area contributed by atoms with Gasteiger partial charge in [-0.2, -0.15) is 0 Å². The van der Waals surface area contributed by atoms with Crippen molar-refractivity contribution in [1.29, 1.82) is 0 Å². The first-order valence-corrected chi connectivity index (χ1v) is 15.0. The molecule has 0 unspecified atom stereocenters. The highest BCUT2D eigenvalue weighted by Gasteiger charge is 2.42. The molecule has 1 heterocycles. The second-order valence-corrected chi connectivity index (χ2v) is 11.2. The fraction of sp³-hybridized carbons (Fsp3) is 0.128. The van der Waals surface area contributed by atoms with Crippen LogP contribution in [-0.4, -0.2) is 11.7 Å². The summed E-state index contributed by atoms with van der Waals surface area (Å²) < 4.78 is 6.32. The Kier molecular flexibility index (Phi) is 7.51. The van der Waals surface area contributed by atoms with Crippen LogP contribution in [0.15, 0.2) is 151 Å². The van der Waals surface area contributed by atoms with Crippen molar-refractivity contribution in [2.24, 2.45) is 0 Å². The molecule has 1 aliphatic heterocycles. The number of ether oxygens (including phenoxy) is 1. The van der Waals surface area contributed by atoms with Gasteiger partial charge in [0.2, 0.25) is 0 Å². The number of nitrogens with one attached hydrogen (secondary N) is 1. The monoisotopic (exact) mass is 576 g/mol. The second-order valence-electron chi connectivity index (χ2n) is 11.2. The quantitative estimate of drug-likeness (QED) is 0.220. The molecular formula is C39H32N2O3. The third-order valence-electron chi connectivity index (χ3n) is 8.44. The van der Waals surface area contributed by atoms with E-state index < -0.39 is 6.04 Å². The van der Waals surface area contributed by atoms with Crippen LogP contribution >= 0.6 is 0 Å². The summed E-state index contributed by atoms with van der Waals surface area (Å²) in [5.41, 5.74) is 6.56. The third kappa shape index (κ3) is 5.29. The van der Waals surface area contributed by atoms with Crippen molar-refractivity contribution < 1.29 is 14.3 Å². The number of benzene rings is 5. The molecule has 5 nitrogen and oxygen atoms in total. The van der Waals surface area contributed by atoms with Gasteiger partial charge in [0.05, 0.1) is 17.4 Å². The number of carbonyl (C=O) groups excluding carboxylic acids is 2. The van der Waals surface area contributed by atoms with Crippen molar-refractivity contribution in [1.82, 2.24) is 0 Å². The average Bonchev–Trinajstić information content (AvgIpc) is 3.23. The van der Waals surface area contributed by atoms with E-state index in [-0.39, 0.29) is 17.6 Å². The Morgan fingerprint density at radius 2 is 1.36 bits per heavy atom. The van der Waals surface area contributed by atoms with Crippen LogP contribution in [0.25, 0.3) is 0 Å².